The average Bonchev–Trinajstić information content (AvgIpc) is 2.55. The maximum atomic E-state index is 6.07. The van der Waals surface area contributed by atoms with Crippen LogP contribution in [0.25, 0.3) is 0 Å². The van der Waals surface area contributed by atoms with Crippen LogP contribution < -0.4 is 0 Å². The fourth-order valence-electron chi connectivity index (χ4n) is 1.16. The van der Waals surface area contributed by atoms with E-state index in [1.165, 1.54) is 0 Å². The maximum Gasteiger partial charge on any atom is 0.107 e. The van der Waals surface area contributed by atoms with E-state index >= 15 is 0 Å². The first-order valence-corrected chi connectivity index (χ1v) is 5.77. The minimum Gasteiger partial charge on any atom is -0.372 e. The molecule has 0 radical (unpaired) electrons. The lowest BCUT2D eigenvalue weighted by Gasteiger charge is -2.08. The molecule has 0 aromatic carbocycles. The third-order valence-corrected chi connectivity index (χ3v) is 2.67. The van der Waals surface area contributed by atoms with Gasteiger partial charge in [-0.2, -0.15) is 5.10 Å². The summed E-state index contributed by atoms with van der Waals surface area (Å²) in [5.41, 5.74) is 0.825. The van der Waals surface area contributed by atoms with Crippen LogP contribution in [0.1, 0.15) is 45.9 Å². The summed E-state index contributed by atoms with van der Waals surface area (Å²) < 4.78 is 7.38. The molecule has 4 heteroatoms. The molecule has 1 aromatic rings. The molecule has 0 saturated carbocycles. The Morgan fingerprint density at radius 1 is 1.47 bits per heavy atom. The number of rotatable bonds is 5. The van der Waals surface area contributed by atoms with Crippen LogP contribution in [-0.2, 0) is 11.3 Å². The van der Waals surface area contributed by atoms with Crippen molar-refractivity contribution in [1.29, 1.82) is 0 Å². The molecule has 0 aliphatic rings. The molecule has 0 amide bonds. The molecule has 3 nitrogen and oxygen atoms in total. The van der Waals surface area contributed by atoms with Crippen LogP contribution in [0.4, 0.5) is 0 Å². The first-order chi connectivity index (χ1) is 7.04. The summed E-state index contributed by atoms with van der Waals surface area (Å²) in [6.45, 7) is 8.74. The molecule has 0 aliphatic heterocycles. The molecule has 0 saturated heterocycles. The van der Waals surface area contributed by atoms with Gasteiger partial charge in [0.15, 0.2) is 0 Å². The van der Waals surface area contributed by atoms with Crippen LogP contribution in [0, 0.1) is 0 Å². The Hall–Kier alpha value is -0.540. The van der Waals surface area contributed by atoms with Crippen molar-refractivity contribution in [2.75, 3.05) is 0 Å². The Labute approximate surface area is 96.4 Å². The van der Waals surface area contributed by atoms with Crippen molar-refractivity contribution in [3.63, 3.8) is 0 Å². The SMILES string of the molecule is CC[C@@H](C)n1cc(Cl)c(COC(C)C)n1. The molecular weight excluding hydrogens is 212 g/mol. The van der Waals surface area contributed by atoms with E-state index in [9.17, 15) is 0 Å². The molecule has 0 fully saturated rings. The number of ether oxygens (including phenoxy) is 1. The van der Waals surface area contributed by atoms with E-state index in [4.69, 9.17) is 16.3 Å². The van der Waals surface area contributed by atoms with Crippen molar-refractivity contribution in [2.24, 2.45) is 0 Å². The Balaban J connectivity index is 2.68. The van der Waals surface area contributed by atoms with Gasteiger partial charge in [-0.05, 0) is 27.2 Å². The van der Waals surface area contributed by atoms with Gasteiger partial charge in [0.05, 0.1) is 17.7 Å². The van der Waals surface area contributed by atoms with Gasteiger partial charge in [-0.25, -0.2) is 0 Å². The first-order valence-electron chi connectivity index (χ1n) is 5.39. The van der Waals surface area contributed by atoms with Crippen molar-refractivity contribution in [3.05, 3.63) is 16.9 Å². The van der Waals surface area contributed by atoms with Crippen LogP contribution in [0.2, 0.25) is 5.02 Å². The van der Waals surface area contributed by atoms with Gasteiger partial charge in [0.1, 0.15) is 5.69 Å². The van der Waals surface area contributed by atoms with Gasteiger partial charge < -0.3 is 4.74 Å². The normalized spacial score (nSPS) is 13.5. The van der Waals surface area contributed by atoms with E-state index in [2.05, 4.69) is 18.9 Å². The van der Waals surface area contributed by atoms with E-state index in [0.29, 0.717) is 17.7 Å². The molecule has 1 heterocycles. The van der Waals surface area contributed by atoms with Crippen LogP contribution in [-0.4, -0.2) is 15.9 Å². The van der Waals surface area contributed by atoms with Crippen molar-refractivity contribution < 1.29 is 4.74 Å². The molecule has 0 aliphatic carbocycles. The minimum atomic E-state index is 0.204. The number of hydrogen-bond donors (Lipinski definition) is 0. The van der Waals surface area contributed by atoms with Gasteiger partial charge in [-0.3, -0.25) is 4.68 Å². The molecule has 1 aromatic heterocycles. The van der Waals surface area contributed by atoms with Gasteiger partial charge in [-0.1, -0.05) is 18.5 Å². The van der Waals surface area contributed by atoms with Gasteiger partial charge in [0, 0.05) is 12.2 Å². The molecule has 86 valence electrons. The summed E-state index contributed by atoms with van der Waals surface area (Å²) >= 11 is 6.07. The number of hydrogen-bond acceptors (Lipinski definition) is 2. The predicted octanol–water partition coefficient (Wildman–Crippen LogP) is 3.43. The zero-order valence-electron chi connectivity index (χ0n) is 9.83. The molecule has 0 spiro atoms. The van der Waals surface area contributed by atoms with Gasteiger partial charge in [0.25, 0.3) is 0 Å². The summed E-state index contributed by atoms with van der Waals surface area (Å²) in [4.78, 5) is 0. The topological polar surface area (TPSA) is 27.1 Å². The lowest BCUT2D eigenvalue weighted by atomic mass is 10.3. The second kappa shape index (κ2) is 5.52. The van der Waals surface area contributed by atoms with E-state index < -0.39 is 0 Å². The van der Waals surface area contributed by atoms with Crippen LogP contribution in [0.15, 0.2) is 6.20 Å². The molecular formula is C11H19ClN2O. The summed E-state index contributed by atoms with van der Waals surface area (Å²) in [6.07, 6.45) is 3.12. The molecule has 1 rings (SSSR count). The van der Waals surface area contributed by atoms with Gasteiger partial charge >= 0.3 is 0 Å². The highest BCUT2D eigenvalue weighted by Gasteiger charge is 2.10. The zero-order valence-corrected chi connectivity index (χ0v) is 10.6. The minimum absolute atomic E-state index is 0.204. The fourth-order valence-corrected chi connectivity index (χ4v) is 1.36. The Bertz CT molecular complexity index is 310. The van der Waals surface area contributed by atoms with Crippen LogP contribution >= 0.6 is 11.6 Å². The quantitative estimate of drug-likeness (QED) is 0.775. The van der Waals surface area contributed by atoms with Gasteiger partial charge in [-0.15, -0.1) is 0 Å². The Morgan fingerprint density at radius 2 is 2.13 bits per heavy atom. The van der Waals surface area contributed by atoms with Crippen molar-refractivity contribution in [1.82, 2.24) is 9.78 Å². The average molecular weight is 231 g/mol. The van der Waals surface area contributed by atoms with Crippen LogP contribution in [0.5, 0.6) is 0 Å². The van der Waals surface area contributed by atoms with E-state index in [1.807, 2.05) is 24.7 Å². The van der Waals surface area contributed by atoms with Crippen LogP contribution in [0.3, 0.4) is 0 Å². The predicted molar refractivity (Wildman–Crippen MR) is 62.2 cm³/mol. The number of halogens is 1. The highest BCUT2D eigenvalue weighted by Crippen LogP contribution is 2.19. The third kappa shape index (κ3) is 3.50. The van der Waals surface area contributed by atoms with E-state index in [-0.39, 0.29) is 6.10 Å². The summed E-state index contributed by atoms with van der Waals surface area (Å²) in [7, 11) is 0. The number of nitrogens with zero attached hydrogens (tertiary/aromatic N) is 2. The first kappa shape index (κ1) is 12.5. The summed E-state index contributed by atoms with van der Waals surface area (Å²) in [5.74, 6) is 0. The highest BCUT2D eigenvalue weighted by atomic mass is 35.5. The molecule has 0 unspecified atom stereocenters. The standard InChI is InChI=1S/C11H19ClN2O/c1-5-9(4)14-6-10(12)11(13-14)7-15-8(2)3/h6,8-9H,5,7H2,1-4H3/t9-/m1/s1. The lowest BCUT2D eigenvalue weighted by Crippen LogP contribution is -2.06. The second-order valence-electron chi connectivity index (χ2n) is 4.02. The molecule has 15 heavy (non-hydrogen) atoms. The molecule has 0 N–H and O–H groups in total. The Kier molecular flexibility index (Phi) is 4.61. The fraction of sp³-hybridized carbons (Fsp3) is 0.727. The van der Waals surface area contributed by atoms with Crippen molar-refractivity contribution in [2.45, 2.75) is 52.9 Å². The zero-order chi connectivity index (χ0) is 11.4. The smallest absolute Gasteiger partial charge is 0.107 e. The van der Waals surface area contributed by atoms with Crippen molar-refractivity contribution >= 4 is 11.6 Å². The van der Waals surface area contributed by atoms with E-state index in [0.717, 1.165) is 12.1 Å². The number of aromatic nitrogens is 2. The monoisotopic (exact) mass is 230 g/mol. The van der Waals surface area contributed by atoms with Crippen molar-refractivity contribution in [3.8, 4) is 0 Å². The van der Waals surface area contributed by atoms with Gasteiger partial charge in [0.2, 0.25) is 0 Å². The van der Waals surface area contributed by atoms with E-state index in [1.54, 1.807) is 0 Å². The highest BCUT2D eigenvalue weighted by molar-refractivity contribution is 6.31. The summed E-state index contributed by atoms with van der Waals surface area (Å²) in [5, 5.41) is 5.10. The Morgan fingerprint density at radius 3 is 2.67 bits per heavy atom. The maximum absolute atomic E-state index is 6.07. The second-order valence-corrected chi connectivity index (χ2v) is 4.43. The summed E-state index contributed by atoms with van der Waals surface area (Å²) in [6, 6.07) is 0.385. The molecule has 1 atom stereocenters. The third-order valence-electron chi connectivity index (χ3n) is 2.35. The lowest BCUT2D eigenvalue weighted by molar-refractivity contribution is 0.0632. The largest absolute Gasteiger partial charge is 0.372 e. The molecule has 0 bridgehead atoms.